The lowest BCUT2D eigenvalue weighted by molar-refractivity contribution is -0.131. The fraction of sp³-hybridized carbons (Fsp3) is 0.429. The summed E-state index contributed by atoms with van der Waals surface area (Å²) < 4.78 is 5.35. The Morgan fingerprint density at radius 3 is 2.80 bits per heavy atom. The van der Waals surface area contributed by atoms with Gasteiger partial charge in [0, 0.05) is 12.3 Å². The Bertz CT molecular complexity index is 538. The van der Waals surface area contributed by atoms with Gasteiger partial charge in [-0.1, -0.05) is 11.6 Å². The van der Waals surface area contributed by atoms with E-state index < -0.39 is 11.4 Å². The van der Waals surface area contributed by atoms with Gasteiger partial charge < -0.3 is 15.2 Å². The summed E-state index contributed by atoms with van der Waals surface area (Å²) in [6, 6.07) is 4.40. The number of benzene rings is 1. The lowest BCUT2D eigenvalue weighted by atomic mass is 9.84. The van der Waals surface area contributed by atoms with E-state index in [1.165, 1.54) is 12.1 Å². The Labute approximate surface area is 121 Å². The maximum absolute atomic E-state index is 12.3. The van der Waals surface area contributed by atoms with Crippen molar-refractivity contribution in [2.24, 2.45) is 5.41 Å². The summed E-state index contributed by atoms with van der Waals surface area (Å²) in [6.45, 7) is 2.89. The van der Waals surface area contributed by atoms with Crippen LogP contribution in [-0.4, -0.2) is 30.2 Å². The second-order valence-electron chi connectivity index (χ2n) is 5.17. The zero-order valence-electron chi connectivity index (χ0n) is 11.1. The van der Waals surface area contributed by atoms with Gasteiger partial charge in [0.1, 0.15) is 0 Å². The molecule has 1 amide bonds. The molecule has 20 heavy (non-hydrogen) atoms. The average molecular weight is 298 g/mol. The number of anilines is 1. The van der Waals surface area contributed by atoms with Crippen LogP contribution in [0.1, 0.15) is 30.1 Å². The largest absolute Gasteiger partial charge is 0.478 e. The third kappa shape index (κ3) is 3.11. The molecule has 0 aromatic heterocycles. The third-order valence-corrected chi connectivity index (χ3v) is 3.77. The molecular weight excluding hydrogens is 282 g/mol. The van der Waals surface area contributed by atoms with Gasteiger partial charge in [0.25, 0.3) is 0 Å². The predicted molar refractivity (Wildman–Crippen MR) is 75.2 cm³/mol. The quantitative estimate of drug-likeness (QED) is 0.899. The Balaban J connectivity index is 2.15. The highest BCUT2D eigenvalue weighted by molar-refractivity contribution is 6.33. The average Bonchev–Trinajstić information content (AvgIpc) is 2.41. The highest BCUT2D eigenvalue weighted by atomic mass is 35.5. The van der Waals surface area contributed by atoms with E-state index in [9.17, 15) is 9.59 Å². The van der Waals surface area contributed by atoms with Gasteiger partial charge in [0.05, 0.1) is 22.6 Å². The molecule has 2 N–H and O–H groups in total. The smallest absolute Gasteiger partial charge is 0.337 e. The minimum Gasteiger partial charge on any atom is -0.478 e. The molecule has 1 unspecified atom stereocenters. The molecule has 1 aliphatic rings. The van der Waals surface area contributed by atoms with Crippen molar-refractivity contribution in [1.29, 1.82) is 0 Å². The minimum absolute atomic E-state index is 0.0329. The Kier molecular flexibility index (Phi) is 4.30. The molecule has 0 radical (unpaired) electrons. The molecule has 1 saturated heterocycles. The molecule has 1 fully saturated rings. The SMILES string of the molecule is CC1(C(=O)Nc2ccc(Cl)c(C(=O)O)c2)CCCOC1. The van der Waals surface area contributed by atoms with Gasteiger partial charge in [-0.3, -0.25) is 4.79 Å². The lowest BCUT2D eigenvalue weighted by Crippen LogP contribution is -2.40. The number of hydrogen-bond acceptors (Lipinski definition) is 3. The molecule has 5 nitrogen and oxygen atoms in total. The van der Waals surface area contributed by atoms with Gasteiger partial charge in [0.2, 0.25) is 5.91 Å². The van der Waals surface area contributed by atoms with E-state index in [1.54, 1.807) is 6.07 Å². The summed E-state index contributed by atoms with van der Waals surface area (Å²) in [5.41, 5.74) is -0.195. The van der Waals surface area contributed by atoms with Crippen molar-refractivity contribution in [3.63, 3.8) is 0 Å². The molecule has 1 atom stereocenters. The number of hydrogen-bond donors (Lipinski definition) is 2. The van der Waals surface area contributed by atoms with Gasteiger partial charge in [0.15, 0.2) is 0 Å². The van der Waals surface area contributed by atoms with Crippen LogP contribution in [0.25, 0.3) is 0 Å². The fourth-order valence-corrected chi connectivity index (χ4v) is 2.36. The molecule has 1 aromatic rings. The number of rotatable bonds is 3. The van der Waals surface area contributed by atoms with Crippen molar-refractivity contribution in [2.75, 3.05) is 18.5 Å². The molecule has 1 aromatic carbocycles. The van der Waals surface area contributed by atoms with Crippen LogP contribution < -0.4 is 5.32 Å². The number of amides is 1. The monoisotopic (exact) mass is 297 g/mol. The molecule has 0 spiro atoms. The van der Waals surface area contributed by atoms with Gasteiger partial charge in [-0.05, 0) is 38.0 Å². The van der Waals surface area contributed by atoms with Crippen molar-refractivity contribution in [3.05, 3.63) is 28.8 Å². The van der Waals surface area contributed by atoms with Crippen LogP contribution in [0.5, 0.6) is 0 Å². The number of carboxylic acid groups (broad SMARTS) is 1. The lowest BCUT2D eigenvalue weighted by Gasteiger charge is -2.31. The first kappa shape index (κ1) is 14.8. The van der Waals surface area contributed by atoms with Crippen molar-refractivity contribution in [3.8, 4) is 0 Å². The summed E-state index contributed by atoms with van der Waals surface area (Å²) in [5, 5.41) is 11.9. The first-order valence-corrected chi connectivity index (χ1v) is 6.72. The van der Waals surface area contributed by atoms with E-state index in [0.717, 1.165) is 12.8 Å². The molecule has 0 bridgehead atoms. The van der Waals surface area contributed by atoms with Crippen LogP contribution >= 0.6 is 11.6 Å². The molecular formula is C14H16ClNO4. The summed E-state index contributed by atoms with van der Waals surface area (Å²) in [7, 11) is 0. The summed E-state index contributed by atoms with van der Waals surface area (Å²) in [4.78, 5) is 23.3. The van der Waals surface area contributed by atoms with Crippen LogP contribution in [0, 0.1) is 5.41 Å². The zero-order valence-corrected chi connectivity index (χ0v) is 11.9. The number of carbonyl (C=O) groups excluding carboxylic acids is 1. The highest BCUT2D eigenvalue weighted by Crippen LogP contribution is 2.30. The number of ether oxygens (including phenoxy) is 1. The number of carbonyl (C=O) groups is 2. The number of aromatic carboxylic acids is 1. The van der Waals surface area contributed by atoms with Crippen LogP contribution in [0.4, 0.5) is 5.69 Å². The van der Waals surface area contributed by atoms with Gasteiger partial charge >= 0.3 is 5.97 Å². The normalized spacial score (nSPS) is 22.3. The van der Waals surface area contributed by atoms with E-state index in [-0.39, 0.29) is 16.5 Å². The molecule has 0 aliphatic carbocycles. The Hall–Kier alpha value is -1.59. The Morgan fingerprint density at radius 2 is 2.20 bits per heavy atom. The summed E-state index contributed by atoms with van der Waals surface area (Å²) in [6.07, 6.45) is 1.59. The molecule has 0 saturated carbocycles. The molecule has 108 valence electrons. The van der Waals surface area contributed by atoms with Crippen LogP contribution in [0.3, 0.4) is 0 Å². The number of carboxylic acids is 1. The van der Waals surface area contributed by atoms with E-state index in [2.05, 4.69) is 5.32 Å². The first-order chi connectivity index (χ1) is 9.42. The second kappa shape index (κ2) is 5.81. The van der Waals surface area contributed by atoms with Crippen LogP contribution in [0.2, 0.25) is 5.02 Å². The number of nitrogens with one attached hydrogen (secondary N) is 1. The first-order valence-electron chi connectivity index (χ1n) is 6.34. The molecule has 1 heterocycles. The fourth-order valence-electron chi connectivity index (χ4n) is 2.16. The van der Waals surface area contributed by atoms with Gasteiger partial charge in [-0.2, -0.15) is 0 Å². The van der Waals surface area contributed by atoms with Crippen molar-refractivity contribution in [2.45, 2.75) is 19.8 Å². The Morgan fingerprint density at radius 1 is 1.45 bits per heavy atom. The van der Waals surface area contributed by atoms with Crippen molar-refractivity contribution >= 4 is 29.2 Å². The number of halogens is 1. The maximum atomic E-state index is 12.3. The topological polar surface area (TPSA) is 75.6 Å². The summed E-state index contributed by atoms with van der Waals surface area (Å²) in [5.74, 6) is -1.30. The minimum atomic E-state index is -1.13. The highest BCUT2D eigenvalue weighted by Gasteiger charge is 2.35. The van der Waals surface area contributed by atoms with E-state index >= 15 is 0 Å². The van der Waals surface area contributed by atoms with Crippen molar-refractivity contribution < 1.29 is 19.4 Å². The molecule has 1 aliphatic heterocycles. The molecule has 6 heteroatoms. The van der Waals surface area contributed by atoms with E-state index in [1.807, 2.05) is 6.92 Å². The van der Waals surface area contributed by atoms with Crippen LogP contribution in [-0.2, 0) is 9.53 Å². The van der Waals surface area contributed by atoms with Gasteiger partial charge in [-0.15, -0.1) is 0 Å². The second-order valence-corrected chi connectivity index (χ2v) is 5.58. The van der Waals surface area contributed by atoms with E-state index in [4.69, 9.17) is 21.4 Å². The third-order valence-electron chi connectivity index (χ3n) is 3.44. The van der Waals surface area contributed by atoms with E-state index in [0.29, 0.717) is 18.9 Å². The van der Waals surface area contributed by atoms with Crippen molar-refractivity contribution in [1.82, 2.24) is 0 Å². The summed E-state index contributed by atoms with van der Waals surface area (Å²) >= 11 is 5.79. The zero-order chi connectivity index (χ0) is 14.8. The maximum Gasteiger partial charge on any atom is 0.337 e. The standard InChI is InChI=1S/C14H16ClNO4/c1-14(5-2-6-20-8-14)13(19)16-9-3-4-11(15)10(7-9)12(17)18/h3-4,7H,2,5-6,8H2,1H3,(H,16,19)(H,17,18). The van der Waals surface area contributed by atoms with Gasteiger partial charge in [-0.25, -0.2) is 4.79 Å². The van der Waals surface area contributed by atoms with Crippen LogP contribution in [0.15, 0.2) is 18.2 Å². The molecule has 2 rings (SSSR count). The predicted octanol–water partition coefficient (Wildman–Crippen LogP) is 2.79.